The molecular formula is C20H23FN4O3. The van der Waals surface area contributed by atoms with Crippen LogP contribution in [0, 0.1) is 5.82 Å². The minimum absolute atomic E-state index is 0.0448. The van der Waals surface area contributed by atoms with Crippen LogP contribution in [0.2, 0.25) is 0 Å². The molecule has 1 amide bonds. The summed E-state index contributed by atoms with van der Waals surface area (Å²) in [5.74, 6) is 1.23. The highest BCUT2D eigenvalue weighted by Crippen LogP contribution is 2.32. The maximum atomic E-state index is 13.3. The summed E-state index contributed by atoms with van der Waals surface area (Å²) < 4.78 is 24.2. The first kappa shape index (κ1) is 18.6. The van der Waals surface area contributed by atoms with E-state index in [2.05, 4.69) is 15.1 Å². The third kappa shape index (κ3) is 3.77. The van der Waals surface area contributed by atoms with E-state index >= 15 is 0 Å². The SMILES string of the molecule is CC(C)c1cc([C@@H]2CCCN2C(=O)COCc2nc3ccc(F)cc3[nH]2)no1. The largest absolute Gasteiger partial charge is 0.364 e. The molecule has 1 atom stereocenters. The van der Waals surface area contributed by atoms with Crippen molar-refractivity contribution in [2.24, 2.45) is 0 Å². The number of benzene rings is 1. The summed E-state index contributed by atoms with van der Waals surface area (Å²) in [4.78, 5) is 21.8. The smallest absolute Gasteiger partial charge is 0.249 e. The number of aromatic nitrogens is 3. The molecule has 0 saturated carbocycles. The number of hydrogen-bond acceptors (Lipinski definition) is 5. The molecule has 1 N–H and O–H groups in total. The highest BCUT2D eigenvalue weighted by molar-refractivity contribution is 5.78. The minimum Gasteiger partial charge on any atom is -0.364 e. The lowest BCUT2D eigenvalue weighted by molar-refractivity contribution is -0.137. The molecule has 7 nitrogen and oxygen atoms in total. The lowest BCUT2D eigenvalue weighted by Crippen LogP contribution is -2.33. The van der Waals surface area contributed by atoms with Crippen LogP contribution in [0.4, 0.5) is 4.39 Å². The molecule has 0 aliphatic carbocycles. The Morgan fingerprint density at radius 2 is 2.29 bits per heavy atom. The van der Waals surface area contributed by atoms with E-state index in [-0.39, 0.29) is 36.9 Å². The summed E-state index contributed by atoms with van der Waals surface area (Å²) in [5.41, 5.74) is 2.07. The Labute approximate surface area is 161 Å². The number of amides is 1. The van der Waals surface area contributed by atoms with Crippen molar-refractivity contribution >= 4 is 16.9 Å². The number of halogens is 1. The molecule has 1 aromatic carbocycles. The van der Waals surface area contributed by atoms with Crippen molar-refractivity contribution in [3.63, 3.8) is 0 Å². The van der Waals surface area contributed by atoms with Crippen LogP contribution in [0.15, 0.2) is 28.8 Å². The Morgan fingerprint density at radius 3 is 3.07 bits per heavy atom. The third-order valence-electron chi connectivity index (χ3n) is 4.99. The maximum absolute atomic E-state index is 13.3. The fraction of sp³-hybridized carbons (Fsp3) is 0.450. The van der Waals surface area contributed by atoms with E-state index in [1.165, 1.54) is 12.1 Å². The van der Waals surface area contributed by atoms with Gasteiger partial charge in [0.25, 0.3) is 0 Å². The average molecular weight is 386 g/mol. The maximum Gasteiger partial charge on any atom is 0.249 e. The minimum atomic E-state index is -0.327. The molecule has 0 spiro atoms. The fourth-order valence-corrected chi connectivity index (χ4v) is 3.53. The van der Waals surface area contributed by atoms with Crippen LogP contribution in [0.5, 0.6) is 0 Å². The number of H-pyrrole nitrogens is 1. The quantitative estimate of drug-likeness (QED) is 0.698. The Hall–Kier alpha value is -2.74. The highest BCUT2D eigenvalue weighted by Gasteiger charge is 2.32. The number of ether oxygens (including phenoxy) is 1. The van der Waals surface area contributed by atoms with Gasteiger partial charge in [-0.1, -0.05) is 19.0 Å². The van der Waals surface area contributed by atoms with Gasteiger partial charge in [0.15, 0.2) is 0 Å². The highest BCUT2D eigenvalue weighted by atomic mass is 19.1. The van der Waals surface area contributed by atoms with Gasteiger partial charge in [0.2, 0.25) is 5.91 Å². The first-order valence-electron chi connectivity index (χ1n) is 9.49. The lowest BCUT2D eigenvalue weighted by Gasteiger charge is -2.22. The predicted octanol–water partition coefficient (Wildman–Crippen LogP) is 3.69. The van der Waals surface area contributed by atoms with Crippen molar-refractivity contribution in [3.05, 3.63) is 47.4 Å². The topological polar surface area (TPSA) is 84.3 Å². The van der Waals surface area contributed by atoms with Crippen LogP contribution in [0.1, 0.15) is 55.9 Å². The molecule has 1 aliphatic rings. The fourth-order valence-electron chi connectivity index (χ4n) is 3.53. The zero-order valence-electron chi connectivity index (χ0n) is 15.9. The summed E-state index contributed by atoms with van der Waals surface area (Å²) in [6, 6.07) is 6.22. The molecule has 1 saturated heterocycles. The summed E-state index contributed by atoms with van der Waals surface area (Å²) in [7, 11) is 0. The molecule has 2 aromatic heterocycles. The van der Waals surface area contributed by atoms with Crippen LogP contribution in [0.3, 0.4) is 0 Å². The van der Waals surface area contributed by atoms with Crippen molar-refractivity contribution in [1.82, 2.24) is 20.0 Å². The molecular weight excluding hydrogens is 363 g/mol. The first-order chi connectivity index (χ1) is 13.5. The number of carbonyl (C=O) groups is 1. The van der Waals surface area contributed by atoms with Gasteiger partial charge in [-0.2, -0.15) is 0 Å². The van der Waals surface area contributed by atoms with Gasteiger partial charge in [0, 0.05) is 18.5 Å². The van der Waals surface area contributed by atoms with Crippen LogP contribution < -0.4 is 0 Å². The van der Waals surface area contributed by atoms with Crippen LogP contribution in [-0.2, 0) is 16.1 Å². The number of nitrogens with one attached hydrogen (secondary N) is 1. The number of likely N-dealkylation sites (tertiary alicyclic amines) is 1. The second-order valence-corrected chi connectivity index (χ2v) is 7.39. The first-order valence-corrected chi connectivity index (χ1v) is 9.49. The molecule has 1 aliphatic heterocycles. The molecule has 3 aromatic rings. The van der Waals surface area contributed by atoms with Crippen molar-refractivity contribution in [2.75, 3.05) is 13.2 Å². The van der Waals surface area contributed by atoms with Crippen molar-refractivity contribution in [2.45, 2.75) is 45.3 Å². The van der Waals surface area contributed by atoms with Gasteiger partial charge in [-0.25, -0.2) is 9.37 Å². The van der Waals surface area contributed by atoms with Crippen molar-refractivity contribution in [1.29, 1.82) is 0 Å². The van der Waals surface area contributed by atoms with Crippen LogP contribution >= 0.6 is 0 Å². The molecule has 0 radical (unpaired) electrons. The van der Waals surface area contributed by atoms with E-state index in [9.17, 15) is 9.18 Å². The summed E-state index contributed by atoms with van der Waals surface area (Å²) in [6.45, 7) is 4.88. The molecule has 148 valence electrons. The normalized spacial score (nSPS) is 17.1. The van der Waals surface area contributed by atoms with E-state index < -0.39 is 0 Å². The van der Waals surface area contributed by atoms with E-state index in [1.54, 1.807) is 11.0 Å². The number of nitrogens with zero attached hydrogens (tertiary/aromatic N) is 3. The average Bonchev–Trinajstić information content (AvgIpc) is 3.39. The second-order valence-electron chi connectivity index (χ2n) is 7.39. The Bertz CT molecular complexity index is 981. The predicted molar refractivity (Wildman–Crippen MR) is 100.0 cm³/mol. The van der Waals surface area contributed by atoms with E-state index in [0.29, 0.717) is 23.4 Å². The zero-order valence-corrected chi connectivity index (χ0v) is 15.9. The zero-order chi connectivity index (χ0) is 19.7. The van der Waals surface area contributed by atoms with Gasteiger partial charge < -0.3 is 19.1 Å². The molecule has 4 rings (SSSR count). The molecule has 0 bridgehead atoms. The molecule has 1 fully saturated rings. The van der Waals surface area contributed by atoms with Gasteiger partial charge in [-0.15, -0.1) is 0 Å². The van der Waals surface area contributed by atoms with Crippen molar-refractivity contribution in [3.8, 4) is 0 Å². The monoisotopic (exact) mass is 386 g/mol. The van der Waals surface area contributed by atoms with E-state index in [0.717, 1.165) is 24.3 Å². The number of imidazole rings is 1. The number of carbonyl (C=O) groups excluding carboxylic acids is 1. The van der Waals surface area contributed by atoms with Gasteiger partial charge in [-0.3, -0.25) is 4.79 Å². The number of rotatable bonds is 6. The van der Waals surface area contributed by atoms with Crippen LogP contribution in [-0.4, -0.2) is 39.1 Å². The lowest BCUT2D eigenvalue weighted by atomic mass is 10.1. The third-order valence-corrected chi connectivity index (χ3v) is 4.99. The van der Waals surface area contributed by atoms with Gasteiger partial charge in [0.05, 0.1) is 17.1 Å². The summed E-state index contributed by atoms with van der Waals surface area (Å²) in [6.07, 6.45) is 1.79. The molecule has 0 unspecified atom stereocenters. The summed E-state index contributed by atoms with van der Waals surface area (Å²) >= 11 is 0. The van der Waals surface area contributed by atoms with Gasteiger partial charge in [0.1, 0.15) is 36.3 Å². The molecule has 28 heavy (non-hydrogen) atoms. The second kappa shape index (κ2) is 7.71. The summed E-state index contributed by atoms with van der Waals surface area (Å²) in [5, 5.41) is 4.16. The Kier molecular flexibility index (Phi) is 5.13. The van der Waals surface area contributed by atoms with Gasteiger partial charge in [-0.05, 0) is 31.0 Å². The Balaban J connectivity index is 1.35. The van der Waals surface area contributed by atoms with E-state index in [4.69, 9.17) is 9.26 Å². The van der Waals surface area contributed by atoms with Crippen molar-refractivity contribution < 1.29 is 18.4 Å². The number of aromatic amines is 1. The molecule has 8 heteroatoms. The van der Waals surface area contributed by atoms with Gasteiger partial charge >= 0.3 is 0 Å². The standard InChI is InChI=1S/C20H23FN4O3/c1-12(2)18-9-16(24-28-18)17-4-3-7-25(17)20(26)11-27-10-19-22-14-6-5-13(21)8-15(14)23-19/h5-6,8-9,12,17H,3-4,7,10-11H2,1-2H3,(H,22,23)/t17-/m0/s1. The Morgan fingerprint density at radius 1 is 1.43 bits per heavy atom. The van der Waals surface area contributed by atoms with Crippen LogP contribution in [0.25, 0.3) is 11.0 Å². The van der Waals surface area contributed by atoms with E-state index in [1.807, 2.05) is 19.9 Å². The number of fused-ring (bicyclic) bond motifs is 1. The molecule has 3 heterocycles. The number of hydrogen-bond donors (Lipinski definition) is 1.